The van der Waals surface area contributed by atoms with Gasteiger partial charge < -0.3 is 9.15 Å². The fourth-order valence-electron chi connectivity index (χ4n) is 1.96. The lowest BCUT2D eigenvalue weighted by molar-refractivity contribution is 0.116. The van der Waals surface area contributed by atoms with E-state index in [1.807, 2.05) is 0 Å². The van der Waals surface area contributed by atoms with Gasteiger partial charge in [0.25, 0.3) is 5.89 Å². The Labute approximate surface area is 139 Å². The topological polar surface area (TPSA) is 84.8 Å². The molecule has 6 nitrogen and oxygen atoms in total. The first-order chi connectivity index (χ1) is 12.1. The first-order valence-electron chi connectivity index (χ1n) is 6.96. The molecular formula is C16H9F3N4O2. The summed E-state index contributed by atoms with van der Waals surface area (Å²) in [5, 5.41) is 15.7. The maximum atomic E-state index is 13.5. The summed E-state index contributed by atoms with van der Waals surface area (Å²) in [6, 6.07) is 8.91. The predicted molar refractivity (Wildman–Crippen MR) is 77.9 cm³/mol. The molecule has 0 amide bonds. The maximum absolute atomic E-state index is 13.5. The van der Waals surface area contributed by atoms with Gasteiger partial charge in [0.15, 0.2) is 0 Å². The first kappa shape index (κ1) is 16.4. The maximum Gasteiger partial charge on any atom is 0.314 e. The molecule has 1 aromatic carbocycles. The average molecular weight is 346 g/mol. The number of ether oxygens (including phenoxy) is 1. The molecule has 0 bridgehead atoms. The number of nitrogens with zero attached hydrogens (tertiary/aromatic N) is 4. The van der Waals surface area contributed by atoms with Gasteiger partial charge in [0, 0.05) is 6.20 Å². The summed E-state index contributed by atoms with van der Waals surface area (Å²) < 4.78 is 48.6. The van der Waals surface area contributed by atoms with Gasteiger partial charge >= 0.3 is 6.43 Å². The third-order valence-electron chi connectivity index (χ3n) is 3.16. The second kappa shape index (κ2) is 7.00. The molecule has 9 heteroatoms. The molecule has 0 saturated heterocycles. The molecule has 0 atom stereocenters. The van der Waals surface area contributed by atoms with E-state index in [-0.39, 0.29) is 23.8 Å². The van der Waals surface area contributed by atoms with E-state index in [2.05, 4.69) is 15.2 Å². The Morgan fingerprint density at radius 3 is 2.68 bits per heavy atom. The first-order valence-corrected chi connectivity index (χ1v) is 6.96. The van der Waals surface area contributed by atoms with E-state index in [9.17, 15) is 13.2 Å². The largest absolute Gasteiger partial charge is 0.486 e. The van der Waals surface area contributed by atoms with Crippen molar-refractivity contribution in [1.29, 1.82) is 5.26 Å². The third-order valence-corrected chi connectivity index (χ3v) is 3.16. The summed E-state index contributed by atoms with van der Waals surface area (Å²) in [5.41, 5.74) is 0.654. The van der Waals surface area contributed by atoms with Crippen LogP contribution in [-0.4, -0.2) is 15.2 Å². The van der Waals surface area contributed by atoms with Crippen molar-refractivity contribution in [2.24, 2.45) is 0 Å². The van der Waals surface area contributed by atoms with Crippen molar-refractivity contribution in [1.82, 2.24) is 15.2 Å². The summed E-state index contributed by atoms with van der Waals surface area (Å²) in [7, 11) is 0. The van der Waals surface area contributed by atoms with Gasteiger partial charge in [-0.25, -0.2) is 4.39 Å². The molecule has 0 aliphatic rings. The van der Waals surface area contributed by atoms with Crippen molar-refractivity contribution in [3.05, 3.63) is 59.5 Å². The molecule has 0 saturated carbocycles. The molecule has 126 valence electrons. The number of pyridine rings is 1. The highest BCUT2D eigenvalue weighted by atomic mass is 19.3. The van der Waals surface area contributed by atoms with E-state index < -0.39 is 18.1 Å². The van der Waals surface area contributed by atoms with Gasteiger partial charge in [-0.2, -0.15) is 14.0 Å². The highest BCUT2D eigenvalue weighted by Gasteiger charge is 2.17. The lowest BCUT2D eigenvalue weighted by atomic mass is 10.2. The van der Waals surface area contributed by atoms with Gasteiger partial charge in [0.1, 0.15) is 29.8 Å². The van der Waals surface area contributed by atoms with E-state index in [1.165, 1.54) is 18.3 Å². The molecule has 3 aromatic rings. The van der Waals surface area contributed by atoms with Crippen LogP contribution in [0.5, 0.6) is 5.75 Å². The van der Waals surface area contributed by atoms with Crippen molar-refractivity contribution in [2.75, 3.05) is 0 Å². The fraction of sp³-hybridized carbons (Fsp3) is 0.125. The minimum atomic E-state index is -2.84. The van der Waals surface area contributed by atoms with Crippen LogP contribution >= 0.6 is 0 Å². The van der Waals surface area contributed by atoms with Crippen molar-refractivity contribution >= 4 is 0 Å². The minimum Gasteiger partial charge on any atom is -0.486 e. The standard InChI is InChI=1S/C16H9F3N4O2/c17-12-2-1-3-13(11(12)6-20)24-8-10-5-4-9(7-21-10)15-22-23-16(25-15)14(18)19/h1-5,7,14H,8H2. The van der Waals surface area contributed by atoms with Crippen LogP contribution in [0.1, 0.15) is 23.6 Å². The van der Waals surface area contributed by atoms with Crippen LogP contribution in [0.25, 0.3) is 11.5 Å². The van der Waals surface area contributed by atoms with Crippen molar-refractivity contribution < 1.29 is 22.3 Å². The van der Waals surface area contributed by atoms with E-state index in [0.717, 1.165) is 6.07 Å². The van der Waals surface area contributed by atoms with Crippen molar-refractivity contribution in [3.63, 3.8) is 0 Å². The van der Waals surface area contributed by atoms with Crippen LogP contribution in [0.15, 0.2) is 40.9 Å². The molecule has 0 N–H and O–H groups in total. The lowest BCUT2D eigenvalue weighted by Crippen LogP contribution is -2.00. The summed E-state index contributed by atoms with van der Waals surface area (Å²) in [6.07, 6.45) is -1.49. The van der Waals surface area contributed by atoms with Crippen molar-refractivity contribution in [2.45, 2.75) is 13.0 Å². The zero-order chi connectivity index (χ0) is 17.8. The Morgan fingerprint density at radius 1 is 1.20 bits per heavy atom. The molecule has 25 heavy (non-hydrogen) atoms. The normalized spacial score (nSPS) is 10.7. The lowest BCUT2D eigenvalue weighted by Gasteiger charge is -2.07. The second-order valence-corrected chi connectivity index (χ2v) is 4.80. The molecule has 0 aliphatic heterocycles. The summed E-state index contributed by atoms with van der Waals surface area (Å²) in [6.45, 7) is -0.00939. The van der Waals surface area contributed by atoms with Crippen LogP contribution in [0.4, 0.5) is 13.2 Å². The molecular weight excluding hydrogens is 337 g/mol. The van der Waals surface area contributed by atoms with Gasteiger partial charge in [-0.15, -0.1) is 10.2 Å². The molecule has 0 radical (unpaired) electrons. The number of alkyl halides is 2. The monoisotopic (exact) mass is 346 g/mol. The Bertz CT molecular complexity index is 920. The summed E-state index contributed by atoms with van der Waals surface area (Å²) in [5.74, 6) is -1.41. The summed E-state index contributed by atoms with van der Waals surface area (Å²) >= 11 is 0. The Kier molecular flexibility index (Phi) is 4.61. The van der Waals surface area contributed by atoms with Crippen LogP contribution in [0, 0.1) is 17.1 Å². The highest BCUT2D eigenvalue weighted by molar-refractivity contribution is 5.50. The van der Waals surface area contributed by atoms with Gasteiger partial charge in [-0.05, 0) is 24.3 Å². The van der Waals surface area contributed by atoms with Gasteiger partial charge in [-0.3, -0.25) is 4.98 Å². The number of benzene rings is 1. The van der Waals surface area contributed by atoms with Gasteiger partial charge in [-0.1, -0.05) is 6.07 Å². The van der Waals surface area contributed by atoms with E-state index in [4.69, 9.17) is 14.4 Å². The Balaban J connectivity index is 1.71. The third kappa shape index (κ3) is 3.58. The molecule has 0 spiro atoms. The van der Waals surface area contributed by atoms with Gasteiger partial charge in [0.05, 0.1) is 11.3 Å². The quantitative estimate of drug-likeness (QED) is 0.701. The van der Waals surface area contributed by atoms with Crippen LogP contribution in [0.3, 0.4) is 0 Å². The zero-order valence-corrected chi connectivity index (χ0v) is 12.5. The van der Waals surface area contributed by atoms with Crippen LogP contribution < -0.4 is 4.74 Å². The number of hydrogen-bond acceptors (Lipinski definition) is 6. The number of rotatable bonds is 5. The van der Waals surface area contributed by atoms with Crippen molar-refractivity contribution in [3.8, 4) is 23.3 Å². The minimum absolute atomic E-state index is 0.00939. The van der Waals surface area contributed by atoms with Gasteiger partial charge in [0.2, 0.25) is 5.89 Å². The molecule has 2 heterocycles. The average Bonchev–Trinajstić information content (AvgIpc) is 3.11. The Morgan fingerprint density at radius 2 is 2.04 bits per heavy atom. The number of hydrogen-bond donors (Lipinski definition) is 0. The SMILES string of the molecule is N#Cc1c(F)cccc1OCc1ccc(-c2nnc(C(F)F)o2)cn1. The molecule has 0 fully saturated rings. The number of nitriles is 1. The second-order valence-electron chi connectivity index (χ2n) is 4.80. The molecule has 0 aliphatic carbocycles. The van der Waals surface area contributed by atoms with Crippen LogP contribution in [-0.2, 0) is 6.61 Å². The Hall–Kier alpha value is -3.41. The molecule has 2 aromatic heterocycles. The number of aromatic nitrogens is 3. The summed E-state index contributed by atoms with van der Waals surface area (Å²) in [4.78, 5) is 4.09. The van der Waals surface area contributed by atoms with Crippen LogP contribution in [0.2, 0.25) is 0 Å². The number of halogens is 3. The van der Waals surface area contributed by atoms with E-state index >= 15 is 0 Å². The van der Waals surface area contributed by atoms with E-state index in [0.29, 0.717) is 11.3 Å². The highest BCUT2D eigenvalue weighted by Crippen LogP contribution is 2.24. The van der Waals surface area contributed by atoms with E-state index in [1.54, 1.807) is 18.2 Å². The zero-order valence-electron chi connectivity index (χ0n) is 12.5. The smallest absolute Gasteiger partial charge is 0.314 e. The fourth-order valence-corrected chi connectivity index (χ4v) is 1.96. The molecule has 3 rings (SSSR count). The molecule has 0 unspecified atom stereocenters. The predicted octanol–water partition coefficient (Wildman–Crippen LogP) is 3.66.